The van der Waals surface area contributed by atoms with Gasteiger partial charge in [-0.25, -0.2) is 9.97 Å². The summed E-state index contributed by atoms with van der Waals surface area (Å²) in [4.78, 5) is 49.7. The monoisotopic (exact) mass is 547 g/mol. The molecule has 1 fully saturated rings. The molecule has 3 N–H and O–H groups in total. The van der Waals surface area contributed by atoms with Crippen LogP contribution in [0.2, 0.25) is 0 Å². The van der Waals surface area contributed by atoms with Crippen molar-refractivity contribution in [1.29, 1.82) is 0 Å². The van der Waals surface area contributed by atoms with Crippen LogP contribution >= 0.6 is 0 Å². The van der Waals surface area contributed by atoms with E-state index < -0.39 is 11.8 Å². The Balaban J connectivity index is 1.41. The number of rotatable bonds is 9. The minimum absolute atomic E-state index is 0.134. The van der Waals surface area contributed by atoms with Crippen molar-refractivity contribution in [3.8, 4) is 22.9 Å². The maximum absolute atomic E-state index is 13.0. The first-order valence-corrected chi connectivity index (χ1v) is 12.9. The molecule has 0 unspecified atom stereocenters. The fourth-order valence-corrected chi connectivity index (χ4v) is 4.20. The second-order valence-electron chi connectivity index (χ2n) is 9.04. The molecule has 4 rings (SSSR count). The number of hydrogen-bond donors (Lipinski definition) is 3. The number of nitrogens with one attached hydrogen (secondary N) is 3. The highest BCUT2D eigenvalue weighted by Crippen LogP contribution is 2.29. The quantitative estimate of drug-likeness (QED) is 0.271. The Hall–Kier alpha value is -4.87. The molecule has 3 aromatic rings. The standard InChI is InChI=1S/C28H33N7O5/c1-19(36)29-9-10-30-24-18-25(32-26(31-24)20-7-5-4-6-8-20)33-27(37)28(38)35-13-11-34(12-14-35)21-15-22(39-2)17-23(16-21)40-3/h4-8,15-18H,9-14H2,1-3H3,(H,29,36)(H2,30,31,32,33,37). The van der Waals surface area contributed by atoms with Crippen LogP contribution < -0.4 is 30.3 Å². The third-order valence-electron chi connectivity index (χ3n) is 6.27. The topological polar surface area (TPSA) is 138 Å². The first-order chi connectivity index (χ1) is 19.4. The number of aromatic nitrogens is 2. The van der Waals surface area contributed by atoms with Gasteiger partial charge in [0.1, 0.15) is 23.1 Å². The Labute approximate surface area is 232 Å². The molecule has 1 aromatic heterocycles. The molecule has 1 aliphatic rings. The van der Waals surface area contributed by atoms with Crippen LogP contribution in [0.4, 0.5) is 17.3 Å². The molecule has 1 saturated heterocycles. The van der Waals surface area contributed by atoms with Gasteiger partial charge in [-0.15, -0.1) is 0 Å². The summed E-state index contributed by atoms with van der Waals surface area (Å²) in [6.45, 7) is 4.10. The van der Waals surface area contributed by atoms with Gasteiger partial charge in [-0.05, 0) is 0 Å². The van der Waals surface area contributed by atoms with Crippen molar-refractivity contribution in [3.63, 3.8) is 0 Å². The normalized spacial score (nSPS) is 12.9. The van der Waals surface area contributed by atoms with Crippen molar-refractivity contribution in [2.75, 3.05) is 69.0 Å². The van der Waals surface area contributed by atoms with Crippen molar-refractivity contribution >= 4 is 35.0 Å². The molecule has 2 heterocycles. The van der Waals surface area contributed by atoms with E-state index in [0.29, 0.717) is 62.4 Å². The maximum atomic E-state index is 13.0. The second-order valence-corrected chi connectivity index (χ2v) is 9.04. The van der Waals surface area contributed by atoms with Gasteiger partial charge in [0.15, 0.2) is 5.82 Å². The number of carbonyl (C=O) groups is 3. The van der Waals surface area contributed by atoms with E-state index in [1.54, 1.807) is 26.4 Å². The summed E-state index contributed by atoms with van der Waals surface area (Å²) in [6, 6.07) is 16.5. The zero-order valence-electron chi connectivity index (χ0n) is 22.8. The van der Waals surface area contributed by atoms with Crippen molar-refractivity contribution in [1.82, 2.24) is 20.2 Å². The highest BCUT2D eigenvalue weighted by atomic mass is 16.5. The molecule has 3 amide bonds. The van der Waals surface area contributed by atoms with E-state index in [1.165, 1.54) is 11.8 Å². The molecule has 0 atom stereocenters. The Kier molecular flexibility index (Phi) is 9.34. The number of nitrogens with zero attached hydrogens (tertiary/aromatic N) is 4. The molecule has 0 bridgehead atoms. The zero-order valence-corrected chi connectivity index (χ0v) is 22.8. The minimum Gasteiger partial charge on any atom is -0.497 e. The van der Waals surface area contributed by atoms with E-state index in [4.69, 9.17) is 9.47 Å². The Morgan fingerprint density at radius 3 is 2.12 bits per heavy atom. The molecule has 0 aliphatic carbocycles. The van der Waals surface area contributed by atoms with Gasteiger partial charge in [0.2, 0.25) is 5.91 Å². The lowest BCUT2D eigenvalue weighted by atomic mass is 10.2. The Morgan fingerprint density at radius 1 is 0.850 bits per heavy atom. The number of benzene rings is 2. The molecule has 12 nitrogen and oxygen atoms in total. The van der Waals surface area contributed by atoms with Crippen LogP contribution in [0.3, 0.4) is 0 Å². The van der Waals surface area contributed by atoms with Crippen LogP contribution in [0.25, 0.3) is 11.4 Å². The molecule has 0 spiro atoms. The van der Waals surface area contributed by atoms with Gasteiger partial charge in [0.05, 0.1) is 14.2 Å². The van der Waals surface area contributed by atoms with Crippen molar-refractivity contribution in [2.24, 2.45) is 0 Å². The largest absolute Gasteiger partial charge is 0.497 e. The summed E-state index contributed by atoms with van der Waals surface area (Å²) in [5.41, 5.74) is 1.67. The summed E-state index contributed by atoms with van der Waals surface area (Å²) in [5.74, 6) is 0.828. The number of hydrogen-bond acceptors (Lipinski definition) is 9. The third-order valence-corrected chi connectivity index (χ3v) is 6.27. The van der Waals surface area contributed by atoms with E-state index in [9.17, 15) is 14.4 Å². The summed E-state index contributed by atoms with van der Waals surface area (Å²) in [7, 11) is 3.19. The van der Waals surface area contributed by atoms with Gasteiger partial charge in [-0.2, -0.15) is 0 Å². The number of anilines is 3. The van der Waals surface area contributed by atoms with E-state index >= 15 is 0 Å². The lowest BCUT2D eigenvalue weighted by Gasteiger charge is -2.36. The lowest BCUT2D eigenvalue weighted by molar-refractivity contribution is -0.143. The highest BCUT2D eigenvalue weighted by Gasteiger charge is 2.27. The van der Waals surface area contributed by atoms with Crippen LogP contribution in [-0.4, -0.2) is 86.1 Å². The number of ether oxygens (including phenoxy) is 2. The van der Waals surface area contributed by atoms with E-state index in [0.717, 1.165) is 11.3 Å². The Bertz CT molecular complexity index is 1320. The third kappa shape index (κ3) is 7.37. The van der Waals surface area contributed by atoms with Gasteiger partial charge < -0.3 is 35.2 Å². The predicted octanol–water partition coefficient (Wildman–Crippen LogP) is 2.00. The number of piperazine rings is 1. The molecule has 0 radical (unpaired) electrons. The smallest absolute Gasteiger partial charge is 0.315 e. The number of carbonyl (C=O) groups excluding carboxylic acids is 3. The summed E-state index contributed by atoms with van der Waals surface area (Å²) >= 11 is 0. The molecule has 1 aliphatic heterocycles. The molecule has 40 heavy (non-hydrogen) atoms. The lowest BCUT2D eigenvalue weighted by Crippen LogP contribution is -2.51. The van der Waals surface area contributed by atoms with Crippen LogP contribution in [0.1, 0.15) is 6.92 Å². The fourth-order valence-electron chi connectivity index (χ4n) is 4.20. The number of methoxy groups -OCH3 is 2. The van der Waals surface area contributed by atoms with E-state index in [-0.39, 0.29) is 11.7 Å². The number of amides is 3. The van der Waals surface area contributed by atoms with Crippen LogP contribution in [-0.2, 0) is 14.4 Å². The van der Waals surface area contributed by atoms with Gasteiger partial charge in [0, 0.05) is 81.7 Å². The zero-order chi connectivity index (χ0) is 28.5. The first kappa shape index (κ1) is 28.1. The SMILES string of the molecule is COc1cc(OC)cc(N2CCN(C(=O)C(=O)Nc3cc(NCCNC(C)=O)nc(-c4ccccc4)n3)CC2)c1. The average molecular weight is 548 g/mol. The van der Waals surface area contributed by atoms with Crippen LogP contribution in [0.5, 0.6) is 11.5 Å². The Morgan fingerprint density at radius 2 is 1.50 bits per heavy atom. The van der Waals surface area contributed by atoms with Crippen LogP contribution in [0.15, 0.2) is 54.6 Å². The van der Waals surface area contributed by atoms with E-state index in [2.05, 4.69) is 30.8 Å². The second kappa shape index (κ2) is 13.3. The maximum Gasteiger partial charge on any atom is 0.315 e. The summed E-state index contributed by atoms with van der Waals surface area (Å²) < 4.78 is 10.7. The van der Waals surface area contributed by atoms with Crippen molar-refractivity contribution in [2.45, 2.75) is 6.92 Å². The minimum atomic E-state index is -0.779. The van der Waals surface area contributed by atoms with Gasteiger partial charge in [-0.1, -0.05) is 30.3 Å². The van der Waals surface area contributed by atoms with Crippen molar-refractivity contribution < 1.29 is 23.9 Å². The molecule has 2 aromatic carbocycles. The fraction of sp³-hybridized carbons (Fsp3) is 0.321. The van der Waals surface area contributed by atoms with Gasteiger partial charge >= 0.3 is 11.8 Å². The van der Waals surface area contributed by atoms with Crippen LogP contribution in [0, 0.1) is 0 Å². The molecular weight excluding hydrogens is 514 g/mol. The van der Waals surface area contributed by atoms with Crippen molar-refractivity contribution in [3.05, 3.63) is 54.6 Å². The molecule has 0 saturated carbocycles. The van der Waals surface area contributed by atoms with Gasteiger partial charge in [-0.3, -0.25) is 14.4 Å². The molecular formula is C28H33N7O5. The summed E-state index contributed by atoms with van der Waals surface area (Å²) in [6.07, 6.45) is 0. The van der Waals surface area contributed by atoms with E-state index in [1.807, 2.05) is 42.5 Å². The average Bonchev–Trinajstić information content (AvgIpc) is 2.99. The first-order valence-electron chi connectivity index (χ1n) is 12.9. The predicted molar refractivity (Wildman–Crippen MR) is 152 cm³/mol. The van der Waals surface area contributed by atoms with Gasteiger partial charge in [0.25, 0.3) is 0 Å². The summed E-state index contributed by atoms with van der Waals surface area (Å²) in [5, 5.41) is 8.46. The molecule has 210 valence electrons. The molecule has 12 heteroatoms. The highest BCUT2D eigenvalue weighted by molar-refractivity contribution is 6.39.